The van der Waals surface area contributed by atoms with Gasteiger partial charge in [0, 0.05) is 64.2 Å². The first-order valence-corrected chi connectivity index (χ1v) is 23.1. The molecular formula is C60H46N2S. The third-order valence-corrected chi connectivity index (χ3v) is 14.4. The van der Waals surface area contributed by atoms with E-state index < -0.39 is 0 Å². The van der Waals surface area contributed by atoms with Crippen molar-refractivity contribution in [2.75, 3.05) is 4.90 Å². The van der Waals surface area contributed by atoms with Crippen molar-refractivity contribution in [3.8, 4) is 33.4 Å². The Kier molecular flexibility index (Phi) is 8.61. The zero-order valence-electron chi connectivity index (χ0n) is 36.0. The zero-order valence-corrected chi connectivity index (χ0v) is 36.8. The van der Waals surface area contributed by atoms with Crippen LogP contribution in [-0.4, -0.2) is 4.40 Å². The number of rotatable bonds is 5. The molecule has 0 saturated carbocycles. The molecule has 1 aliphatic carbocycles. The molecule has 0 N–H and O–H groups in total. The molecule has 0 radical (unpaired) electrons. The zero-order chi connectivity index (χ0) is 42.4. The minimum Gasteiger partial charge on any atom is -0.310 e. The van der Waals surface area contributed by atoms with Crippen molar-refractivity contribution in [2.24, 2.45) is 0 Å². The summed E-state index contributed by atoms with van der Waals surface area (Å²) in [5.41, 5.74) is 17.6. The summed E-state index contributed by atoms with van der Waals surface area (Å²) in [5, 5.41) is 7.85. The molecule has 302 valence electrons. The highest BCUT2D eigenvalue weighted by Gasteiger charge is 2.35. The second-order valence-corrected chi connectivity index (χ2v) is 18.7. The predicted octanol–water partition coefficient (Wildman–Crippen LogP) is 17.7. The first-order valence-electron chi connectivity index (χ1n) is 22.3. The molecule has 1 aliphatic rings. The van der Waals surface area contributed by atoms with Gasteiger partial charge in [0.25, 0.3) is 0 Å². The first kappa shape index (κ1) is 37.6. The molecule has 0 unspecified atom stereocenters. The number of thiophene rings is 1. The molecule has 2 nitrogen and oxygen atoms in total. The molecule has 0 aliphatic heterocycles. The van der Waals surface area contributed by atoms with E-state index in [4.69, 9.17) is 0 Å². The maximum absolute atomic E-state index is 2.47. The van der Waals surface area contributed by atoms with Crippen LogP contribution < -0.4 is 4.90 Å². The van der Waals surface area contributed by atoms with Crippen molar-refractivity contribution in [2.45, 2.75) is 39.5 Å². The van der Waals surface area contributed by atoms with Gasteiger partial charge in [-0.25, -0.2) is 0 Å². The Morgan fingerprint density at radius 3 is 1.84 bits per heavy atom. The maximum atomic E-state index is 2.47. The quantitative estimate of drug-likeness (QED) is 0.168. The van der Waals surface area contributed by atoms with E-state index in [0.717, 1.165) is 17.1 Å². The van der Waals surface area contributed by atoms with Gasteiger partial charge in [0.05, 0.1) is 16.6 Å². The van der Waals surface area contributed by atoms with Gasteiger partial charge in [0.1, 0.15) is 0 Å². The van der Waals surface area contributed by atoms with E-state index in [1.807, 2.05) is 11.3 Å². The van der Waals surface area contributed by atoms with Crippen molar-refractivity contribution in [1.82, 2.24) is 4.40 Å². The Bertz CT molecular complexity index is 3700. The summed E-state index contributed by atoms with van der Waals surface area (Å²) in [6.45, 7) is 8.95. The van der Waals surface area contributed by atoms with Crippen molar-refractivity contribution in [1.29, 1.82) is 0 Å². The number of nitrogens with zero attached hydrogens (tertiary/aromatic N) is 2. The normalized spacial score (nSPS) is 13.0. The Morgan fingerprint density at radius 1 is 0.429 bits per heavy atom. The van der Waals surface area contributed by atoms with E-state index in [2.05, 4.69) is 231 Å². The van der Waals surface area contributed by atoms with Crippen molar-refractivity contribution < 1.29 is 0 Å². The van der Waals surface area contributed by atoms with Gasteiger partial charge in [-0.15, -0.1) is 11.3 Å². The summed E-state index contributed by atoms with van der Waals surface area (Å²) in [5.74, 6) is 0. The van der Waals surface area contributed by atoms with Gasteiger partial charge < -0.3 is 9.30 Å². The topological polar surface area (TPSA) is 7.65 Å². The number of benzene rings is 9. The molecule has 3 aromatic heterocycles. The minimum absolute atomic E-state index is 0.0477. The summed E-state index contributed by atoms with van der Waals surface area (Å²) in [7, 11) is 0. The van der Waals surface area contributed by atoms with E-state index in [9.17, 15) is 0 Å². The van der Waals surface area contributed by atoms with Gasteiger partial charge in [-0.05, 0) is 99.1 Å². The fourth-order valence-electron chi connectivity index (χ4n) is 10.5. The molecule has 0 amide bonds. The summed E-state index contributed by atoms with van der Waals surface area (Å²) in [4.78, 5) is 2.44. The number of fused-ring (bicyclic) bond motifs is 12. The van der Waals surface area contributed by atoms with Gasteiger partial charge in [-0.2, -0.15) is 0 Å². The molecule has 0 atom stereocenters. The minimum atomic E-state index is -0.0477. The average Bonchev–Trinajstić information content (AvgIpc) is 4.04. The maximum Gasteiger partial charge on any atom is 0.0620 e. The molecule has 63 heavy (non-hydrogen) atoms. The first-order chi connectivity index (χ1) is 30.9. The predicted molar refractivity (Wildman–Crippen MR) is 273 cm³/mol. The van der Waals surface area contributed by atoms with Crippen LogP contribution in [0.4, 0.5) is 17.1 Å². The second-order valence-electron chi connectivity index (χ2n) is 17.6. The SMILES string of the molecule is CC1(C)c2ccccc2-c2cc(N(c3ccc(-c4ccccc4)cc3)c3ccc4c(c3)sc3cc(-c5cccc6c5c5cccc7c8ccccc8n6c75)ccc34)ccc21.CCC. The monoisotopic (exact) mass is 826 g/mol. The molecule has 0 spiro atoms. The van der Waals surface area contributed by atoms with Gasteiger partial charge in [0.2, 0.25) is 0 Å². The van der Waals surface area contributed by atoms with Crippen LogP contribution in [0, 0.1) is 0 Å². The Balaban J connectivity index is 0.00000137. The van der Waals surface area contributed by atoms with Crippen molar-refractivity contribution in [3.05, 3.63) is 205 Å². The van der Waals surface area contributed by atoms with E-state index in [1.54, 1.807) is 0 Å². The van der Waals surface area contributed by atoms with Crippen molar-refractivity contribution in [3.63, 3.8) is 0 Å². The Morgan fingerprint density at radius 2 is 1.00 bits per heavy atom. The highest BCUT2D eigenvalue weighted by molar-refractivity contribution is 7.25. The number of para-hydroxylation sites is 2. The smallest absolute Gasteiger partial charge is 0.0620 e. The molecule has 3 heteroatoms. The molecule has 3 heterocycles. The van der Waals surface area contributed by atoms with E-state index in [1.165, 1.54) is 109 Å². The average molecular weight is 827 g/mol. The van der Waals surface area contributed by atoms with Crippen LogP contribution in [0.15, 0.2) is 194 Å². The van der Waals surface area contributed by atoms with Crippen LogP contribution in [0.1, 0.15) is 45.2 Å². The molecule has 13 rings (SSSR count). The Labute approximate surface area is 372 Å². The third kappa shape index (κ3) is 5.69. The third-order valence-electron chi connectivity index (χ3n) is 13.3. The van der Waals surface area contributed by atoms with Crippen LogP contribution in [0.2, 0.25) is 0 Å². The van der Waals surface area contributed by atoms with Crippen LogP contribution in [-0.2, 0) is 5.41 Å². The van der Waals surface area contributed by atoms with Gasteiger partial charge in [0.15, 0.2) is 0 Å². The molecule has 12 aromatic rings. The van der Waals surface area contributed by atoms with Crippen LogP contribution in [0.3, 0.4) is 0 Å². The van der Waals surface area contributed by atoms with E-state index in [-0.39, 0.29) is 5.41 Å². The van der Waals surface area contributed by atoms with Crippen LogP contribution >= 0.6 is 11.3 Å². The summed E-state index contributed by atoms with van der Waals surface area (Å²) < 4.78 is 5.05. The summed E-state index contributed by atoms with van der Waals surface area (Å²) in [6, 6.07) is 72.2. The second kappa shape index (κ2) is 14.4. The standard InChI is InChI=1S/C57H38N2S.C3H8/c1-57(2)49-19-8-6-14-42(49)48-33-39(28-31-50(48)57)58(38-25-22-36(23-26-38)35-12-4-3-5-13-35)40-27-30-45-44-29-24-37(32-53(44)60-54(45)34-40)41-16-11-21-52-55(41)47-18-10-17-46-43-15-7-9-20-51(43)59(52)56(46)47;1-3-2/h3-34H,1-2H3;3H2,1-2H3. The highest BCUT2D eigenvalue weighted by Crippen LogP contribution is 2.51. The lowest BCUT2D eigenvalue weighted by Crippen LogP contribution is -2.15. The van der Waals surface area contributed by atoms with Crippen LogP contribution in [0.5, 0.6) is 0 Å². The fraction of sp³-hybridized carbons (Fsp3) is 0.100. The summed E-state index contributed by atoms with van der Waals surface area (Å²) >= 11 is 1.89. The lowest BCUT2D eigenvalue weighted by molar-refractivity contribution is 0.660. The van der Waals surface area contributed by atoms with Gasteiger partial charge >= 0.3 is 0 Å². The molecule has 0 fully saturated rings. The number of aromatic nitrogens is 1. The molecule has 0 bridgehead atoms. The van der Waals surface area contributed by atoms with Gasteiger partial charge in [-0.1, -0.05) is 174 Å². The lowest BCUT2D eigenvalue weighted by Gasteiger charge is -2.27. The fourth-order valence-corrected chi connectivity index (χ4v) is 11.7. The van der Waals surface area contributed by atoms with Gasteiger partial charge in [-0.3, -0.25) is 0 Å². The lowest BCUT2D eigenvalue weighted by atomic mass is 9.82. The number of hydrogen-bond donors (Lipinski definition) is 0. The number of anilines is 3. The summed E-state index contributed by atoms with van der Waals surface area (Å²) in [6.07, 6.45) is 1.25. The Hall–Kier alpha value is -7.20. The van der Waals surface area contributed by atoms with Crippen molar-refractivity contribution >= 4 is 86.7 Å². The largest absolute Gasteiger partial charge is 0.310 e. The van der Waals surface area contributed by atoms with E-state index >= 15 is 0 Å². The molecular weight excluding hydrogens is 781 g/mol. The van der Waals surface area contributed by atoms with Crippen LogP contribution in [0.25, 0.3) is 91.6 Å². The number of hydrogen-bond acceptors (Lipinski definition) is 2. The molecule has 0 saturated heterocycles. The molecule has 9 aromatic carbocycles. The van der Waals surface area contributed by atoms with E-state index in [0.29, 0.717) is 0 Å². The highest BCUT2D eigenvalue weighted by atomic mass is 32.1.